The van der Waals surface area contributed by atoms with E-state index in [-0.39, 0.29) is 24.5 Å². The summed E-state index contributed by atoms with van der Waals surface area (Å²) in [7, 11) is 0. The molecule has 0 amide bonds. The van der Waals surface area contributed by atoms with Gasteiger partial charge in [-0.1, -0.05) is 36.3 Å². The second kappa shape index (κ2) is 7.56. The van der Waals surface area contributed by atoms with Crippen molar-refractivity contribution in [3.63, 3.8) is 0 Å². The van der Waals surface area contributed by atoms with Gasteiger partial charge in [0.2, 0.25) is 0 Å². The molecule has 1 aromatic heterocycles. The average Bonchev–Trinajstić information content (AvgIpc) is 2.61. The first-order valence-corrected chi connectivity index (χ1v) is 7.69. The van der Waals surface area contributed by atoms with Crippen molar-refractivity contribution in [2.45, 2.75) is 0 Å². The van der Waals surface area contributed by atoms with E-state index < -0.39 is 5.63 Å². The fourth-order valence-electron chi connectivity index (χ4n) is 2.55. The third-order valence-corrected chi connectivity index (χ3v) is 3.55. The summed E-state index contributed by atoms with van der Waals surface area (Å²) in [6.45, 7) is 0.751. The SMILES string of the molecule is C#CCOCCOc1cc(O)cc2oc(=O)cc(-c3ccccc3)c12. The van der Waals surface area contributed by atoms with Crippen molar-refractivity contribution < 1.29 is 19.0 Å². The average molecular weight is 336 g/mol. The van der Waals surface area contributed by atoms with Gasteiger partial charge in [0.05, 0.1) is 12.0 Å². The molecule has 1 heterocycles. The van der Waals surface area contributed by atoms with E-state index in [1.807, 2.05) is 30.3 Å². The molecule has 1 N–H and O–H groups in total. The molecule has 0 saturated heterocycles. The lowest BCUT2D eigenvalue weighted by Gasteiger charge is -2.13. The zero-order chi connectivity index (χ0) is 17.6. The van der Waals surface area contributed by atoms with Gasteiger partial charge in [-0.25, -0.2) is 4.79 Å². The molecule has 0 unspecified atom stereocenters. The molecule has 0 bridgehead atoms. The maximum atomic E-state index is 11.9. The first-order chi connectivity index (χ1) is 12.2. The van der Waals surface area contributed by atoms with Crippen LogP contribution < -0.4 is 10.4 Å². The zero-order valence-electron chi connectivity index (χ0n) is 13.4. The molecule has 0 aliphatic carbocycles. The highest BCUT2D eigenvalue weighted by Crippen LogP contribution is 2.37. The van der Waals surface area contributed by atoms with Crippen molar-refractivity contribution in [1.29, 1.82) is 0 Å². The highest BCUT2D eigenvalue weighted by molar-refractivity contribution is 5.98. The second-order valence-corrected chi connectivity index (χ2v) is 5.27. The van der Waals surface area contributed by atoms with E-state index >= 15 is 0 Å². The van der Waals surface area contributed by atoms with Gasteiger partial charge >= 0.3 is 5.63 Å². The van der Waals surface area contributed by atoms with Crippen molar-refractivity contribution in [3.8, 4) is 35.0 Å². The summed E-state index contributed by atoms with van der Waals surface area (Å²) in [4.78, 5) is 11.9. The summed E-state index contributed by atoms with van der Waals surface area (Å²) < 4.78 is 16.2. The summed E-state index contributed by atoms with van der Waals surface area (Å²) in [6, 6.07) is 13.7. The van der Waals surface area contributed by atoms with Crippen LogP contribution in [-0.4, -0.2) is 24.9 Å². The van der Waals surface area contributed by atoms with Gasteiger partial charge in [-0.05, 0) is 5.56 Å². The quantitative estimate of drug-likeness (QED) is 0.425. The fraction of sp³-hybridized carbons (Fsp3) is 0.150. The summed E-state index contributed by atoms with van der Waals surface area (Å²) in [5.74, 6) is 2.72. The van der Waals surface area contributed by atoms with Crippen molar-refractivity contribution in [1.82, 2.24) is 0 Å². The summed E-state index contributed by atoms with van der Waals surface area (Å²) in [5, 5.41) is 10.5. The van der Waals surface area contributed by atoms with E-state index in [9.17, 15) is 9.90 Å². The molecular weight excluding hydrogens is 320 g/mol. The predicted octanol–water partition coefficient (Wildman–Crippen LogP) is 3.19. The monoisotopic (exact) mass is 336 g/mol. The van der Waals surface area contributed by atoms with Crippen LogP contribution in [0.25, 0.3) is 22.1 Å². The number of aromatic hydroxyl groups is 1. The molecular formula is C20H16O5. The lowest BCUT2D eigenvalue weighted by Crippen LogP contribution is -2.08. The Hall–Kier alpha value is -3.23. The Labute approximate surface area is 144 Å². The summed E-state index contributed by atoms with van der Waals surface area (Å²) in [6.07, 6.45) is 5.12. The van der Waals surface area contributed by atoms with E-state index in [4.69, 9.17) is 20.3 Å². The standard InChI is InChI=1S/C20H16O5/c1-2-8-23-9-10-24-17-11-15(21)12-18-20(17)16(13-19(22)25-18)14-6-4-3-5-7-14/h1,3-7,11-13,21H,8-10H2. The topological polar surface area (TPSA) is 68.9 Å². The van der Waals surface area contributed by atoms with E-state index in [2.05, 4.69) is 5.92 Å². The van der Waals surface area contributed by atoms with E-state index in [0.717, 1.165) is 5.56 Å². The van der Waals surface area contributed by atoms with E-state index in [0.29, 0.717) is 23.3 Å². The van der Waals surface area contributed by atoms with Crippen LogP contribution in [0.15, 0.2) is 57.7 Å². The van der Waals surface area contributed by atoms with Crippen LogP contribution in [0.3, 0.4) is 0 Å². The molecule has 2 aromatic carbocycles. The Kier molecular flexibility index (Phi) is 5.03. The van der Waals surface area contributed by atoms with Crippen LogP contribution in [-0.2, 0) is 4.74 Å². The minimum atomic E-state index is -0.500. The number of phenolic OH excluding ortho intramolecular Hbond substituents is 1. The van der Waals surface area contributed by atoms with E-state index in [1.165, 1.54) is 18.2 Å². The molecule has 0 spiro atoms. The second-order valence-electron chi connectivity index (χ2n) is 5.27. The van der Waals surface area contributed by atoms with Crippen LogP contribution in [0.5, 0.6) is 11.5 Å². The first kappa shape index (κ1) is 16.6. The normalized spacial score (nSPS) is 10.5. The number of terminal acetylenes is 1. The van der Waals surface area contributed by atoms with Gasteiger partial charge in [-0.3, -0.25) is 0 Å². The highest BCUT2D eigenvalue weighted by atomic mass is 16.5. The number of ether oxygens (including phenoxy) is 2. The minimum absolute atomic E-state index is 0.0552. The molecule has 0 fully saturated rings. The smallest absolute Gasteiger partial charge is 0.336 e. The van der Waals surface area contributed by atoms with Gasteiger partial charge in [0.1, 0.15) is 30.3 Å². The maximum Gasteiger partial charge on any atom is 0.336 e. The van der Waals surface area contributed by atoms with Crippen LogP contribution >= 0.6 is 0 Å². The van der Waals surface area contributed by atoms with E-state index in [1.54, 1.807) is 0 Å². The fourth-order valence-corrected chi connectivity index (χ4v) is 2.55. The highest BCUT2D eigenvalue weighted by Gasteiger charge is 2.14. The molecule has 5 nitrogen and oxygen atoms in total. The third kappa shape index (κ3) is 3.82. The van der Waals surface area contributed by atoms with Gasteiger partial charge < -0.3 is 19.0 Å². The van der Waals surface area contributed by atoms with Crippen LogP contribution in [0.4, 0.5) is 0 Å². The molecule has 25 heavy (non-hydrogen) atoms. The summed E-state index contributed by atoms with van der Waals surface area (Å²) in [5.41, 5.74) is 1.28. The Morgan fingerprint density at radius 2 is 1.92 bits per heavy atom. The number of hydrogen-bond acceptors (Lipinski definition) is 5. The molecule has 3 rings (SSSR count). The molecule has 0 aliphatic heterocycles. The van der Waals surface area contributed by atoms with Gasteiger partial charge in [-0.15, -0.1) is 6.42 Å². The third-order valence-electron chi connectivity index (χ3n) is 3.55. The van der Waals surface area contributed by atoms with Crippen molar-refractivity contribution in [2.75, 3.05) is 19.8 Å². The Morgan fingerprint density at radius 1 is 1.12 bits per heavy atom. The van der Waals surface area contributed by atoms with Gasteiger partial charge in [0, 0.05) is 23.8 Å². The summed E-state index contributed by atoms with van der Waals surface area (Å²) >= 11 is 0. The predicted molar refractivity (Wildman–Crippen MR) is 94.7 cm³/mol. The van der Waals surface area contributed by atoms with Gasteiger partial charge in [-0.2, -0.15) is 0 Å². The van der Waals surface area contributed by atoms with Crippen LogP contribution in [0, 0.1) is 12.3 Å². The Morgan fingerprint density at radius 3 is 2.68 bits per heavy atom. The van der Waals surface area contributed by atoms with Gasteiger partial charge in [0.25, 0.3) is 0 Å². The molecule has 0 saturated carbocycles. The molecule has 5 heteroatoms. The number of benzene rings is 2. The van der Waals surface area contributed by atoms with Crippen LogP contribution in [0.2, 0.25) is 0 Å². The van der Waals surface area contributed by atoms with Crippen molar-refractivity contribution in [3.05, 3.63) is 59.0 Å². The van der Waals surface area contributed by atoms with Crippen molar-refractivity contribution in [2.24, 2.45) is 0 Å². The molecule has 0 radical (unpaired) electrons. The Bertz CT molecular complexity index is 967. The van der Waals surface area contributed by atoms with Crippen LogP contribution in [0.1, 0.15) is 0 Å². The first-order valence-electron chi connectivity index (χ1n) is 7.69. The number of rotatable bonds is 6. The molecule has 0 atom stereocenters. The largest absolute Gasteiger partial charge is 0.508 e. The zero-order valence-corrected chi connectivity index (χ0v) is 13.4. The maximum absolute atomic E-state index is 11.9. The Balaban J connectivity index is 2.07. The van der Waals surface area contributed by atoms with Gasteiger partial charge in [0.15, 0.2) is 0 Å². The number of phenols is 1. The minimum Gasteiger partial charge on any atom is -0.508 e. The number of fused-ring (bicyclic) bond motifs is 1. The van der Waals surface area contributed by atoms with Crippen molar-refractivity contribution >= 4 is 11.0 Å². The lowest BCUT2D eigenvalue weighted by molar-refractivity contribution is 0.125. The molecule has 0 aliphatic rings. The molecule has 3 aromatic rings. The molecule has 126 valence electrons. The number of hydrogen-bond donors (Lipinski definition) is 1. The lowest BCUT2D eigenvalue weighted by atomic mass is 10.0.